The van der Waals surface area contributed by atoms with Crippen molar-refractivity contribution >= 4 is 24.0 Å². The molecule has 0 aliphatic carbocycles. The van der Waals surface area contributed by atoms with Gasteiger partial charge in [-0.15, -0.1) is 12.4 Å². The van der Waals surface area contributed by atoms with E-state index in [1.807, 2.05) is 30.3 Å². The maximum absolute atomic E-state index is 13.8. The van der Waals surface area contributed by atoms with E-state index in [1.54, 1.807) is 24.3 Å². The smallest absolute Gasteiger partial charge is 0.129 e. The van der Waals surface area contributed by atoms with Crippen LogP contribution in [0.1, 0.15) is 16.7 Å². The monoisotopic (exact) mass is 405 g/mol. The molecular formula is C22H22Cl2FNO. The molecule has 0 saturated heterocycles. The summed E-state index contributed by atoms with van der Waals surface area (Å²) >= 11 is 6.12. The van der Waals surface area contributed by atoms with Gasteiger partial charge in [0.25, 0.3) is 0 Å². The number of hydrogen-bond donors (Lipinski definition) is 1. The predicted molar refractivity (Wildman–Crippen MR) is 111 cm³/mol. The first-order valence-corrected chi connectivity index (χ1v) is 8.99. The van der Waals surface area contributed by atoms with Crippen molar-refractivity contribution < 1.29 is 9.13 Å². The highest BCUT2D eigenvalue weighted by atomic mass is 35.5. The van der Waals surface area contributed by atoms with Crippen molar-refractivity contribution in [2.45, 2.75) is 19.6 Å². The lowest BCUT2D eigenvalue weighted by Crippen LogP contribution is -2.17. The molecule has 0 bridgehead atoms. The van der Waals surface area contributed by atoms with Crippen LogP contribution in [0.3, 0.4) is 0 Å². The molecule has 27 heavy (non-hydrogen) atoms. The van der Waals surface area contributed by atoms with Crippen molar-refractivity contribution in [3.63, 3.8) is 0 Å². The molecule has 5 heteroatoms. The van der Waals surface area contributed by atoms with Gasteiger partial charge in [-0.3, -0.25) is 0 Å². The molecule has 0 amide bonds. The zero-order valence-corrected chi connectivity index (χ0v) is 16.4. The highest BCUT2D eigenvalue weighted by molar-refractivity contribution is 6.30. The van der Waals surface area contributed by atoms with Crippen molar-refractivity contribution in [3.05, 3.63) is 100 Å². The SMILES string of the molecule is Cl.Fc1ccccc1COc1ccc(Cl)cc1CNCCc1ccccc1. The van der Waals surface area contributed by atoms with E-state index in [0.717, 1.165) is 18.5 Å². The van der Waals surface area contributed by atoms with E-state index >= 15 is 0 Å². The minimum atomic E-state index is -0.260. The van der Waals surface area contributed by atoms with Gasteiger partial charge in [-0.25, -0.2) is 4.39 Å². The average Bonchev–Trinajstić information content (AvgIpc) is 2.66. The summed E-state index contributed by atoms with van der Waals surface area (Å²) < 4.78 is 19.6. The van der Waals surface area contributed by atoms with Gasteiger partial charge in [0.2, 0.25) is 0 Å². The standard InChI is InChI=1S/C22H21ClFNO.ClH/c23-20-10-11-22(26-16-18-8-4-5-9-21(18)24)19(14-20)15-25-13-12-17-6-2-1-3-7-17;/h1-11,14,25H,12-13,15-16H2;1H. The average molecular weight is 406 g/mol. The third-order valence-corrected chi connectivity index (χ3v) is 4.35. The van der Waals surface area contributed by atoms with Crippen LogP contribution in [0, 0.1) is 5.82 Å². The molecule has 0 aliphatic rings. The molecule has 0 heterocycles. The third-order valence-electron chi connectivity index (χ3n) is 4.11. The summed E-state index contributed by atoms with van der Waals surface area (Å²) in [5.41, 5.74) is 2.79. The van der Waals surface area contributed by atoms with E-state index in [4.69, 9.17) is 16.3 Å². The summed E-state index contributed by atoms with van der Waals surface area (Å²) in [4.78, 5) is 0. The van der Waals surface area contributed by atoms with Crippen molar-refractivity contribution in [3.8, 4) is 5.75 Å². The molecule has 3 aromatic rings. The minimum Gasteiger partial charge on any atom is -0.488 e. The maximum atomic E-state index is 13.8. The van der Waals surface area contributed by atoms with E-state index in [2.05, 4.69) is 17.4 Å². The number of halogens is 3. The van der Waals surface area contributed by atoms with Crippen molar-refractivity contribution in [2.75, 3.05) is 6.54 Å². The van der Waals surface area contributed by atoms with Crippen LogP contribution in [0.4, 0.5) is 4.39 Å². The molecule has 0 atom stereocenters. The quantitative estimate of drug-likeness (QED) is 0.477. The molecule has 0 radical (unpaired) electrons. The fourth-order valence-electron chi connectivity index (χ4n) is 2.70. The Bertz CT molecular complexity index is 843. The van der Waals surface area contributed by atoms with Crippen LogP contribution in [0.5, 0.6) is 5.75 Å². The zero-order chi connectivity index (χ0) is 18.2. The molecule has 3 aromatic carbocycles. The number of benzene rings is 3. The Morgan fingerprint density at radius 1 is 0.889 bits per heavy atom. The Balaban J connectivity index is 0.00000261. The Labute approximate surface area is 170 Å². The molecule has 142 valence electrons. The Kier molecular flexibility index (Phi) is 8.59. The van der Waals surface area contributed by atoms with Crippen LogP contribution < -0.4 is 10.1 Å². The summed E-state index contributed by atoms with van der Waals surface area (Å²) in [6.07, 6.45) is 0.951. The molecule has 0 fully saturated rings. The highest BCUT2D eigenvalue weighted by Crippen LogP contribution is 2.24. The molecule has 1 N–H and O–H groups in total. The van der Waals surface area contributed by atoms with Gasteiger partial charge >= 0.3 is 0 Å². The van der Waals surface area contributed by atoms with Gasteiger partial charge in [0, 0.05) is 22.7 Å². The summed E-state index contributed by atoms with van der Waals surface area (Å²) in [6, 6.07) is 22.5. The van der Waals surface area contributed by atoms with Gasteiger partial charge in [-0.2, -0.15) is 0 Å². The minimum absolute atomic E-state index is 0. The lowest BCUT2D eigenvalue weighted by Gasteiger charge is -2.13. The molecule has 0 spiro atoms. The summed E-state index contributed by atoms with van der Waals surface area (Å²) in [6.45, 7) is 1.68. The van der Waals surface area contributed by atoms with Crippen molar-refractivity contribution in [1.29, 1.82) is 0 Å². The van der Waals surface area contributed by atoms with Crippen molar-refractivity contribution in [1.82, 2.24) is 5.32 Å². The van der Waals surface area contributed by atoms with E-state index in [0.29, 0.717) is 22.9 Å². The molecule has 0 aliphatic heterocycles. The fraction of sp³-hybridized carbons (Fsp3) is 0.182. The molecule has 3 rings (SSSR count). The summed E-state index contributed by atoms with van der Waals surface area (Å²) in [7, 11) is 0. The second-order valence-electron chi connectivity index (χ2n) is 6.04. The van der Waals surface area contributed by atoms with Crippen LogP contribution in [0.15, 0.2) is 72.8 Å². The number of hydrogen-bond acceptors (Lipinski definition) is 2. The summed E-state index contributed by atoms with van der Waals surface area (Å²) in [5.74, 6) is 0.453. The largest absolute Gasteiger partial charge is 0.488 e. The Morgan fingerprint density at radius 2 is 1.63 bits per heavy atom. The molecule has 0 unspecified atom stereocenters. The third kappa shape index (κ3) is 6.55. The van der Waals surface area contributed by atoms with Crippen molar-refractivity contribution in [2.24, 2.45) is 0 Å². The van der Waals surface area contributed by atoms with Crippen LogP contribution in [-0.4, -0.2) is 6.54 Å². The molecule has 0 saturated carbocycles. The Hall–Kier alpha value is -2.07. The fourth-order valence-corrected chi connectivity index (χ4v) is 2.89. The van der Waals surface area contributed by atoms with Gasteiger partial charge < -0.3 is 10.1 Å². The van der Waals surface area contributed by atoms with Gasteiger partial charge in [-0.1, -0.05) is 60.1 Å². The normalized spacial score (nSPS) is 10.3. The van der Waals surface area contributed by atoms with Crippen LogP contribution in [0.25, 0.3) is 0 Å². The van der Waals surface area contributed by atoms with Gasteiger partial charge in [0.15, 0.2) is 0 Å². The maximum Gasteiger partial charge on any atom is 0.129 e. The van der Waals surface area contributed by atoms with Gasteiger partial charge in [0.05, 0.1) is 0 Å². The van der Waals surface area contributed by atoms with Gasteiger partial charge in [-0.05, 0) is 42.8 Å². The highest BCUT2D eigenvalue weighted by Gasteiger charge is 2.07. The molecular weight excluding hydrogens is 384 g/mol. The Morgan fingerprint density at radius 3 is 2.41 bits per heavy atom. The molecule has 2 nitrogen and oxygen atoms in total. The van der Waals surface area contributed by atoms with E-state index in [1.165, 1.54) is 11.6 Å². The van der Waals surface area contributed by atoms with E-state index in [-0.39, 0.29) is 24.8 Å². The zero-order valence-electron chi connectivity index (χ0n) is 14.8. The van der Waals surface area contributed by atoms with E-state index < -0.39 is 0 Å². The second-order valence-corrected chi connectivity index (χ2v) is 6.48. The lowest BCUT2D eigenvalue weighted by atomic mass is 10.1. The van der Waals surface area contributed by atoms with Crippen LogP contribution >= 0.6 is 24.0 Å². The molecule has 0 aromatic heterocycles. The number of rotatable bonds is 8. The van der Waals surface area contributed by atoms with Gasteiger partial charge in [0.1, 0.15) is 18.2 Å². The number of ether oxygens (including phenoxy) is 1. The van der Waals surface area contributed by atoms with Crippen LogP contribution in [-0.2, 0) is 19.6 Å². The summed E-state index contributed by atoms with van der Waals surface area (Å²) in [5, 5.41) is 4.07. The topological polar surface area (TPSA) is 21.3 Å². The predicted octanol–water partition coefficient (Wildman–Crippen LogP) is 5.81. The number of nitrogens with one attached hydrogen (secondary N) is 1. The first-order valence-electron chi connectivity index (χ1n) is 8.61. The first-order chi connectivity index (χ1) is 12.7. The van der Waals surface area contributed by atoms with E-state index in [9.17, 15) is 4.39 Å². The van der Waals surface area contributed by atoms with Crippen LogP contribution in [0.2, 0.25) is 5.02 Å². The second kappa shape index (κ2) is 10.9. The lowest BCUT2D eigenvalue weighted by molar-refractivity contribution is 0.296. The first kappa shape index (κ1) is 21.2.